The van der Waals surface area contributed by atoms with Gasteiger partial charge in [0.05, 0.1) is 23.4 Å². The number of hydrogen-bond acceptors (Lipinski definition) is 4. The number of nitrogens with zero attached hydrogens (tertiary/aromatic N) is 4. The number of H-pyrrole nitrogens is 1. The maximum atomic E-state index is 13.7. The van der Waals surface area contributed by atoms with Crippen molar-refractivity contribution in [3.05, 3.63) is 119 Å². The van der Waals surface area contributed by atoms with E-state index in [4.69, 9.17) is 0 Å². The lowest BCUT2D eigenvalue weighted by molar-refractivity contribution is 0.104. The number of rotatable bonds is 5. The highest BCUT2D eigenvalue weighted by atomic mass is 19.1. The summed E-state index contributed by atoms with van der Waals surface area (Å²) in [5, 5.41) is 0.680. The molecule has 3 heterocycles. The van der Waals surface area contributed by atoms with Crippen LogP contribution in [0.1, 0.15) is 38.7 Å². The number of imidazole rings is 1. The first-order valence-electron chi connectivity index (χ1n) is 13.0. The van der Waals surface area contributed by atoms with Gasteiger partial charge in [0.15, 0.2) is 5.78 Å². The van der Waals surface area contributed by atoms with Crippen molar-refractivity contribution in [3.8, 4) is 11.1 Å². The fourth-order valence-corrected chi connectivity index (χ4v) is 5.11. The monoisotopic (exact) mass is 533 g/mol. The molecule has 0 saturated heterocycles. The lowest BCUT2D eigenvalue weighted by atomic mass is 9.99. The molecule has 5 aromatic rings. The summed E-state index contributed by atoms with van der Waals surface area (Å²) >= 11 is 0. The molecule has 0 bridgehead atoms. The number of carbonyl (C=O) groups excluding carboxylic acids is 2. The number of aromatic amines is 1. The molecule has 40 heavy (non-hydrogen) atoms. The first-order chi connectivity index (χ1) is 19.3. The van der Waals surface area contributed by atoms with Crippen LogP contribution in [-0.4, -0.2) is 50.2 Å². The third-order valence-corrected chi connectivity index (χ3v) is 7.15. The van der Waals surface area contributed by atoms with Crippen molar-refractivity contribution in [2.75, 3.05) is 14.1 Å². The third-order valence-electron chi connectivity index (χ3n) is 7.15. The zero-order chi connectivity index (χ0) is 28.0. The van der Waals surface area contributed by atoms with Crippen molar-refractivity contribution in [2.24, 2.45) is 0 Å². The molecule has 3 aromatic carbocycles. The van der Waals surface area contributed by atoms with Gasteiger partial charge < -0.3 is 14.8 Å². The Morgan fingerprint density at radius 3 is 2.45 bits per heavy atom. The molecule has 1 aliphatic rings. The second-order valence-corrected chi connectivity index (χ2v) is 10.3. The smallest absolute Gasteiger partial charge is 0.328 e. The van der Waals surface area contributed by atoms with Crippen LogP contribution in [0.2, 0.25) is 0 Å². The highest BCUT2D eigenvalue weighted by Crippen LogP contribution is 2.30. The number of aryl methyl sites for hydroxylation is 1. The van der Waals surface area contributed by atoms with Crippen LogP contribution in [-0.2, 0) is 13.1 Å². The molecule has 7 nitrogen and oxygen atoms in total. The average molecular weight is 534 g/mol. The summed E-state index contributed by atoms with van der Waals surface area (Å²) in [4.78, 5) is 38.2. The van der Waals surface area contributed by atoms with E-state index in [-0.39, 0.29) is 17.6 Å². The third kappa shape index (κ3) is 4.68. The van der Waals surface area contributed by atoms with E-state index in [1.807, 2.05) is 61.7 Å². The Balaban J connectivity index is 1.29. The molecule has 0 atom stereocenters. The summed E-state index contributed by atoms with van der Waals surface area (Å²) in [5.74, 6) is 0.427. The standard InChI is InChI=1S/C32H28FN5O2/c1-20-34-28-14-15-37(19-29(28)35-20)17-21-4-6-23(7-5-21)31(39)27-18-38(32(40)36(2)3)30-16-24(10-13-26(27)30)22-8-11-25(33)12-9-22/h4-16,18H,17,19H2,1-3H3,(H,34,35). The number of aromatic nitrogens is 3. The van der Waals surface area contributed by atoms with Crippen molar-refractivity contribution in [2.45, 2.75) is 20.0 Å². The second-order valence-electron chi connectivity index (χ2n) is 10.3. The van der Waals surface area contributed by atoms with Crippen molar-refractivity contribution < 1.29 is 14.0 Å². The van der Waals surface area contributed by atoms with E-state index < -0.39 is 0 Å². The highest BCUT2D eigenvalue weighted by Gasteiger charge is 2.21. The van der Waals surface area contributed by atoms with Crippen LogP contribution < -0.4 is 0 Å². The Morgan fingerprint density at radius 2 is 1.73 bits per heavy atom. The second kappa shape index (κ2) is 9.96. The van der Waals surface area contributed by atoms with Gasteiger partial charge in [0.1, 0.15) is 11.6 Å². The molecule has 0 aliphatic carbocycles. The first-order valence-corrected chi connectivity index (χ1v) is 13.0. The van der Waals surface area contributed by atoms with E-state index in [1.54, 1.807) is 32.4 Å². The SMILES string of the molecule is Cc1nc2c([nH]1)CN(Cc1ccc(C(=O)c3cn(C(=O)N(C)C)c4cc(-c5ccc(F)cc5)ccc34)cc1)C=C2. The molecule has 1 amide bonds. The van der Waals surface area contributed by atoms with E-state index in [1.165, 1.54) is 21.6 Å². The Labute approximate surface area is 231 Å². The van der Waals surface area contributed by atoms with Gasteiger partial charge in [-0.1, -0.05) is 48.5 Å². The molecule has 1 aliphatic heterocycles. The lowest BCUT2D eigenvalue weighted by Crippen LogP contribution is -2.26. The highest BCUT2D eigenvalue weighted by molar-refractivity contribution is 6.17. The predicted molar refractivity (Wildman–Crippen MR) is 153 cm³/mol. The fourth-order valence-electron chi connectivity index (χ4n) is 5.11. The minimum Gasteiger partial charge on any atom is -0.367 e. The minimum atomic E-state index is -0.315. The van der Waals surface area contributed by atoms with Crippen LogP contribution in [0.25, 0.3) is 28.1 Å². The van der Waals surface area contributed by atoms with Gasteiger partial charge in [0, 0.05) is 49.6 Å². The van der Waals surface area contributed by atoms with Gasteiger partial charge in [0.25, 0.3) is 0 Å². The molecule has 1 N–H and O–H groups in total. The molecule has 2 aromatic heterocycles. The number of amides is 1. The molecule has 0 radical (unpaired) electrons. The number of carbonyl (C=O) groups is 2. The number of halogens is 1. The molecule has 6 rings (SSSR count). The Hall–Kier alpha value is -4.98. The zero-order valence-electron chi connectivity index (χ0n) is 22.5. The zero-order valence-corrected chi connectivity index (χ0v) is 22.5. The largest absolute Gasteiger partial charge is 0.367 e. The van der Waals surface area contributed by atoms with Gasteiger partial charge in [-0.2, -0.15) is 0 Å². The summed E-state index contributed by atoms with van der Waals surface area (Å²) in [7, 11) is 3.34. The van der Waals surface area contributed by atoms with E-state index >= 15 is 0 Å². The van der Waals surface area contributed by atoms with Gasteiger partial charge in [-0.15, -0.1) is 0 Å². The number of nitrogens with one attached hydrogen (secondary N) is 1. The summed E-state index contributed by atoms with van der Waals surface area (Å²) in [5.41, 5.74) is 6.41. The van der Waals surface area contributed by atoms with Crippen LogP contribution in [0.3, 0.4) is 0 Å². The molecule has 0 unspecified atom stereocenters. The lowest BCUT2D eigenvalue weighted by Gasteiger charge is -2.23. The van der Waals surface area contributed by atoms with Gasteiger partial charge in [0.2, 0.25) is 0 Å². The Kier molecular flexibility index (Phi) is 6.30. The van der Waals surface area contributed by atoms with E-state index in [2.05, 4.69) is 14.9 Å². The predicted octanol–water partition coefficient (Wildman–Crippen LogP) is 6.23. The van der Waals surface area contributed by atoms with Crippen LogP contribution in [0.4, 0.5) is 9.18 Å². The summed E-state index contributed by atoms with van der Waals surface area (Å²) in [6.45, 7) is 3.39. The van der Waals surface area contributed by atoms with Crippen LogP contribution in [0.5, 0.6) is 0 Å². The maximum Gasteiger partial charge on any atom is 0.328 e. The first kappa shape index (κ1) is 25.3. The summed E-state index contributed by atoms with van der Waals surface area (Å²) in [6.07, 6.45) is 5.66. The van der Waals surface area contributed by atoms with Crippen LogP contribution in [0.15, 0.2) is 79.1 Å². The van der Waals surface area contributed by atoms with E-state index in [9.17, 15) is 14.0 Å². The van der Waals surface area contributed by atoms with Crippen molar-refractivity contribution >= 4 is 28.8 Å². The summed E-state index contributed by atoms with van der Waals surface area (Å²) in [6, 6.07) is 19.1. The maximum absolute atomic E-state index is 13.7. The quantitative estimate of drug-likeness (QED) is 0.272. The van der Waals surface area contributed by atoms with Gasteiger partial charge in [-0.3, -0.25) is 9.36 Å². The minimum absolute atomic E-state index is 0.160. The topological polar surface area (TPSA) is 74.2 Å². The molecule has 0 spiro atoms. The molecule has 0 fully saturated rings. The van der Waals surface area contributed by atoms with Crippen molar-refractivity contribution in [3.63, 3.8) is 0 Å². The molecular weight excluding hydrogens is 505 g/mol. The number of benzene rings is 3. The van der Waals surface area contributed by atoms with Gasteiger partial charge in [-0.05, 0) is 47.9 Å². The Bertz CT molecular complexity index is 1780. The molecule has 200 valence electrons. The molecule has 8 heteroatoms. The number of hydrogen-bond donors (Lipinski definition) is 1. The van der Waals surface area contributed by atoms with Crippen LogP contribution in [0, 0.1) is 12.7 Å². The number of ketones is 1. The average Bonchev–Trinajstić information content (AvgIpc) is 3.52. The number of fused-ring (bicyclic) bond motifs is 2. The van der Waals surface area contributed by atoms with Gasteiger partial charge >= 0.3 is 6.03 Å². The van der Waals surface area contributed by atoms with E-state index in [0.717, 1.165) is 40.4 Å². The van der Waals surface area contributed by atoms with E-state index in [0.29, 0.717) is 28.6 Å². The molecule has 0 saturated carbocycles. The van der Waals surface area contributed by atoms with Crippen molar-refractivity contribution in [1.82, 2.24) is 24.3 Å². The normalized spacial score (nSPS) is 12.6. The van der Waals surface area contributed by atoms with Gasteiger partial charge in [-0.25, -0.2) is 14.2 Å². The summed E-state index contributed by atoms with van der Waals surface area (Å²) < 4.78 is 15.0. The van der Waals surface area contributed by atoms with Crippen molar-refractivity contribution in [1.29, 1.82) is 0 Å². The molecular formula is C32H28FN5O2. The Morgan fingerprint density at radius 1 is 1.00 bits per heavy atom. The fraction of sp³-hybridized carbons (Fsp3) is 0.156. The van der Waals surface area contributed by atoms with Crippen LogP contribution >= 0.6 is 0 Å².